The van der Waals surface area contributed by atoms with Crippen LogP contribution in [-0.2, 0) is 0 Å². The minimum Gasteiger partial charge on any atom is -0.381 e. The number of hydrogen-bond acceptors (Lipinski definition) is 5. The summed E-state index contributed by atoms with van der Waals surface area (Å²) in [5.74, 6) is -0.572. The van der Waals surface area contributed by atoms with Gasteiger partial charge in [0.05, 0.1) is 4.92 Å². The molecule has 1 atom stereocenters. The van der Waals surface area contributed by atoms with Crippen molar-refractivity contribution in [1.82, 2.24) is 15.5 Å². The highest BCUT2D eigenvalue weighted by atomic mass is 16.6. The maximum atomic E-state index is 12.0. The zero-order chi connectivity index (χ0) is 16.1. The highest BCUT2D eigenvalue weighted by molar-refractivity contribution is 5.96. The molecule has 2 rings (SSSR count). The number of aromatic nitrogens is 2. The summed E-state index contributed by atoms with van der Waals surface area (Å²) in [7, 11) is 0. The third-order valence-electron chi connectivity index (χ3n) is 3.07. The number of benzene rings is 1. The molecule has 1 aromatic carbocycles. The molecule has 2 aromatic rings. The van der Waals surface area contributed by atoms with E-state index in [1.807, 2.05) is 37.3 Å². The fourth-order valence-electron chi connectivity index (χ4n) is 2.00. The molecule has 0 aliphatic carbocycles. The van der Waals surface area contributed by atoms with E-state index in [2.05, 4.69) is 20.8 Å². The lowest BCUT2D eigenvalue weighted by molar-refractivity contribution is -0.385. The molecular formula is C14H17N5O3. The molecule has 0 unspecified atom stereocenters. The van der Waals surface area contributed by atoms with Gasteiger partial charge < -0.3 is 10.6 Å². The van der Waals surface area contributed by atoms with Gasteiger partial charge in [-0.25, -0.2) is 0 Å². The van der Waals surface area contributed by atoms with Gasteiger partial charge in [0.15, 0.2) is 0 Å². The van der Waals surface area contributed by atoms with Crippen molar-refractivity contribution in [3.63, 3.8) is 0 Å². The van der Waals surface area contributed by atoms with Crippen LogP contribution in [0, 0.1) is 17.0 Å². The zero-order valence-electron chi connectivity index (χ0n) is 12.3. The first-order valence-corrected chi connectivity index (χ1v) is 6.78. The van der Waals surface area contributed by atoms with Crippen molar-refractivity contribution in [2.75, 3.05) is 11.9 Å². The number of aromatic amines is 1. The summed E-state index contributed by atoms with van der Waals surface area (Å²) in [6.07, 6.45) is 0. The van der Waals surface area contributed by atoms with E-state index in [9.17, 15) is 14.9 Å². The van der Waals surface area contributed by atoms with Gasteiger partial charge in [-0.3, -0.25) is 20.0 Å². The molecule has 3 N–H and O–H groups in total. The number of anilines is 1. The maximum absolute atomic E-state index is 12.0. The minimum atomic E-state index is -0.612. The number of amides is 1. The van der Waals surface area contributed by atoms with Crippen molar-refractivity contribution in [2.45, 2.75) is 19.9 Å². The number of aryl methyl sites for hydroxylation is 1. The van der Waals surface area contributed by atoms with Crippen LogP contribution >= 0.6 is 0 Å². The molecule has 0 aliphatic heterocycles. The molecule has 1 aromatic heterocycles. The Morgan fingerprint density at radius 2 is 2.09 bits per heavy atom. The number of nitro groups is 1. The van der Waals surface area contributed by atoms with Gasteiger partial charge in [-0.1, -0.05) is 18.2 Å². The first-order chi connectivity index (χ1) is 10.5. The van der Waals surface area contributed by atoms with Crippen LogP contribution in [0.5, 0.6) is 0 Å². The molecular weight excluding hydrogens is 286 g/mol. The Morgan fingerprint density at radius 1 is 1.41 bits per heavy atom. The van der Waals surface area contributed by atoms with Crippen LogP contribution in [0.3, 0.4) is 0 Å². The highest BCUT2D eigenvalue weighted by Crippen LogP contribution is 2.19. The predicted octanol–water partition coefficient (Wildman–Crippen LogP) is 1.86. The van der Waals surface area contributed by atoms with E-state index >= 15 is 0 Å². The van der Waals surface area contributed by atoms with Crippen molar-refractivity contribution in [1.29, 1.82) is 0 Å². The first kappa shape index (κ1) is 15.5. The second-order valence-electron chi connectivity index (χ2n) is 4.92. The monoisotopic (exact) mass is 303 g/mol. The van der Waals surface area contributed by atoms with Gasteiger partial charge >= 0.3 is 5.69 Å². The van der Waals surface area contributed by atoms with Crippen LogP contribution in [0.25, 0.3) is 0 Å². The lowest BCUT2D eigenvalue weighted by Crippen LogP contribution is -2.35. The number of H-pyrrole nitrogens is 1. The largest absolute Gasteiger partial charge is 0.381 e. The fourth-order valence-corrected chi connectivity index (χ4v) is 2.00. The Hall–Kier alpha value is -2.90. The molecule has 116 valence electrons. The summed E-state index contributed by atoms with van der Waals surface area (Å²) in [5, 5.41) is 23.0. The predicted molar refractivity (Wildman–Crippen MR) is 81.8 cm³/mol. The van der Waals surface area contributed by atoms with E-state index in [0.29, 0.717) is 6.54 Å². The Morgan fingerprint density at radius 3 is 2.73 bits per heavy atom. The fraction of sp³-hybridized carbons (Fsp3) is 0.286. The molecule has 8 heteroatoms. The first-order valence-electron chi connectivity index (χ1n) is 6.78. The quantitative estimate of drug-likeness (QED) is 0.557. The average molecular weight is 303 g/mol. The summed E-state index contributed by atoms with van der Waals surface area (Å²) >= 11 is 0. The number of rotatable bonds is 6. The van der Waals surface area contributed by atoms with E-state index in [1.165, 1.54) is 6.92 Å². The lowest BCUT2D eigenvalue weighted by Gasteiger charge is -2.15. The number of nitrogens with zero attached hydrogens (tertiary/aromatic N) is 2. The Labute approximate surface area is 127 Å². The molecule has 0 saturated heterocycles. The third-order valence-corrected chi connectivity index (χ3v) is 3.07. The Kier molecular flexibility index (Phi) is 4.72. The van der Waals surface area contributed by atoms with Gasteiger partial charge in [0.1, 0.15) is 5.69 Å². The summed E-state index contributed by atoms with van der Waals surface area (Å²) < 4.78 is 0. The second-order valence-corrected chi connectivity index (χ2v) is 4.92. The summed E-state index contributed by atoms with van der Waals surface area (Å²) in [6, 6.07) is 9.52. The van der Waals surface area contributed by atoms with Gasteiger partial charge in [0.25, 0.3) is 5.91 Å². The summed E-state index contributed by atoms with van der Waals surface area (Å²) in [4.78, 5) is 22.3. The van der Waals surface area contributed by atoms with E-state index in [-0.39, 0.29) is 23.1 Å². The lowest BCUT2D eigenvalue weighted by atomic mass is 10.2. The van der Waals surface area contributed by atoms with E-state index in [4.69, 9.17) is 0 Å². The number of para-hydroxylation sites is 1. The number of nitrogens with one attached hydrogen (secondary N) is 3. The van der Waals surface area contributed by atoms with E-state index in [1.54, 1.807) is 0 Å². The number of hydrogen-bond donors (Lipinski definition) is 3. The molecule has 1 amide bonds. The smallest absolute Gasteiger partial charge is 0.322 e. The highest BCUT2D eigenvalue weighted by Gasteiger charge is 2.27. The van der Waals surface area contributed by atoms with Gasteiger partial charge in [-0.15, -0.1) is 0 Å². The van der Waals surface area contributed by atoms with Crippen LogP contribution in [0.2, 0.25) is 0 Å². The van der Waals surface area contributed by atoms with Crippen molar-refractivity contribution in [2.24, 2.45) is 0 Å². The van der Waals surface area contributed by atoms with Crippen molar-refractivity contribution in [3.8, 4) is 0 Å². The molecule has 0 fully saturated rings. The summed E-state index contributed by atoms with van der Waals surface area (Å²) in [6.45, 7) is 3.72. The zero-order valence-corrected chi connectivity index (χ0v) is 12.3. The number of carbonyl (C=O) groups is 1. The normalized spacial score (nSPS) is 11.7. The molecule has 0 saturated carbocycles. The van der Waals surface area contributed by atoms with Gasteiger partial charge in [0, 0.05) is 18.3 Å². The van der Waals surface area contributed by atoms with Crippen LogP contribution < -0.4 is 10.6 Å². The molecule has 1 heterocycles. The topological polar surface area (TPSA) is 113 Å². The van der Waals surface area contributed by atoms with Gasteiger partial charge in [-0.2, -0.15) is 5.10 Å². The van der Waals surface area contributed by atoms with Crippen LogP contribution in [0.4, 0.5) is 11.4 Å². The minimum absolute atomic E-state index is 0.0366. The van der Waals surface area contributed by atoms with Crippen molar-refractivity contribution in [3.05, 3.63) is 51.8 Å². The standard InChI is InChI=1S/C14H17N5O3/c1-9(16-11-6-4-3-5-7-11)8-15-14(20)12-13(19(21)22)10(2)17-18-12/h3-7,9,16H,8H2,1-2H3,(H,15,20)(H,17,18)/t9-/m0/s1. The third kappa shape index (κ3) is 3.60. The van der Waals surface area contributed by atoms with E-state index in [0.717, 1.165) is 5.69 Å². The molecule has 0 bridgehead atoms. The molecule has 0 radical (unpaired) electrons. The SMILES string of the molecule is Cc1[nH]nc(C(=O)NC[C@H](C)Nc2ccccc2)c1[N+](=O)[O-]. The Bertz CT molecular complexity index is 668. The molecule has 0 aliphatic rings. The van der Waals surface area contributed by atoms with Crippen LogP contribution in [0.1, 0.15) is 23.1 Å². The molecule has 8 nitrogen and oxygen atoms in total. The van der Waals surface area contributed by atoms with Crippen LogP contribution in [0.15, 0.2) is 30.3 Å². The van der Waals surface area contributed by atoms with Crippen LogP contribution in [-0.4, -0.2) is 33.6 Å². The van der Waals surface area contributed by atoms with Gasteiger partial charge in [-0.05, 0) is 26.0 Å². The molecule has 22 heavy (non-hydrogen) atoms. The van der Waals surface area contributed by atoms with Gasteiger partial charge in [0.2, 0.25) is 5.69 Å². The molecule has 0 spiro atoms. The number of carbonyl (C=O) groups excluding carboxylic acids is 1. The van der Waals surface area contributed by atoms with Crippen molar-refractivity contribution >= 4 is 17.3 Å². The maximum Gasteiger partial charge on any atom is 0.322 e. The van der Waals surface area contributed by atoms with E-state index < -0.39 is 10.8 Å². The second kappa shape index (κ2) is 6.70. The average Bonchev–Trinajstić information content (AvgIpc) is 2.88. The van der Waals surface area contributed by atoms with Crippen molar-refractivity contribution < 1.29 is 9.72 Å². The Balaban J connectivity index is 1.94. The summed E-state index contributed by atoms with van der Waals surface area (Å²) in [5.41, 5.74) is 0.701.